The smallest absolute Gasteiger partial charge is 0.338 e. The lowest BCUT2D eigenvalue weighted by atomic mass is 9.94. The minimum atomic E-state index is -0.677. The number of benzene rings is 2. The third kappa shape index (κ3) is 5.13. The molecule has 34 heavy (non-hydrogen) atoms. The number of esters is 1. The van der Waals surface area contributed by atoms with Crippen LogP contribution in [0.2, 0.25) is 5.02 Å². The Morgan fingerprint density at radius 2 is 1.79 bits per heavy atom. The Labute approximate surface area is 204 Å². The molecule has 4 rings (SSSR count). The average Bonchev–Trinajstić information content (AvgIpc) is 2.84. The van der Waals surface area contributed by atoms with Crippen LogP contribution < -0.4 is 20.3 Å². The largest absolute Gasteiger partial charge is 0.496 e. The second-order valence-corrected chi connectivity index (χ2v) is 8.51. The van der Waals surface area contributed by atoms with E-state index in [1.165, 1.54) is 0 Å². The van der Waals surface area contributed by atoms with Gasteiger partial charge in [0.1, 0.15) is 5.75 Å². The normalized spacial score (nSPS) is 18.9. The molecule has 180 valence electrons. The van der Waals surface area contributed by atoms with E-state index in [9.17, 15) is 9.59 Å². The summed E-state index contributed by atoms with van der Waals surface area (Å²) in [6, 6.07) is 14.1. The van der Waals surface area contributed by atoms with Crippen LogP contribution in [-0.2, 0) is 9.53 Å². The van der Waals surface area contributed by atoms with E-state index in [2.05, 4.69) is 20.4 Å². The van der Waals surface area contributed by atoms with Crippen molar-refractivity contribution in [1.29, 1.82) is 0 Å². The second kappa shape index (κ2) is 10.8. The van der Waals surface area contributed by atoms with Crippen molar-refractivity contribution in [3.05, 3.63) is 70.4 Å². The zero-order chi connectivity index (χ0) is 24.1. The van der Waals surface area contributed by atoms with Crippen LogP contribution in [0.15, 0.2) is 59.8 Å². The number of piperazine rings is 1. The van der Waals surface area contributed by atoms with Gasteiger partial charge < -0.3 is 25.0 Å². The molecule has 9 heteroatoms. The first-order chi connectivity index (χ1) is 16.5. The second-order valence-electron chi connectivity index (χ2n) is 8.10. The fourth-order valence-electron chi connectivity index (χ4n) is 4.41. The molecular weight excluding hydrogens is 456 g/mol. The van der Waals surface area contributed by atoms with Crippen molar-refractivity contribution in [2.45, 2.75) is 13.0 Å². The van der Waals surface area contributed by atoms with E-state index >= 15 is 0 Å². The third-order valence-corrected chi connectivity index (χ3v) is 6.37. The SMILES string of the molecule is CCOC(=O)C1=C(CN2CCN(c3ccccc3Cl)CC2)NC(=O)N[C@H]1c1ccccc1OC. The monoisotopic (exact) mass is 484 g/mol. The van der Waals surface area contributed by atoms with Crippen molar-refractivity contribution in [1.82, 2.24) is 15.5 Å². The molecule has 0 radical (unpaired) electrons. The highest BCUT2D eigenvalue weighted by Crippen LogP contribution is 2.34. The van der Waals surface area contributed by atoms with Gasteiger partial charge in [-0.3, -0.25) is 4.90 Å². The molecule has 2 aromatic rings. The van der Waals surface area contributed by atoms with E-state index in [4.69, 9.17) is 21.1 Å². The number of halogens is 1. The van der Waals surface area contributed by atoms with E-state index in [1.807, 2.05) is 42.5 Å². The van der Waals surface area contributed by atoms with Crippen molar-refractivity contribution in [3.8, 4) is 5.75 Å². The van der Waals surface area contributed by atoms with Gasteiger partial charge >= 0.3 is 12.0 Å². The number of ether oxygens (including phenoxy) is 2. The predicted molar refractivity (Wildman–Crippen MR) is 131 cm³/mol. The van der Waals surface area contributed by atoms with Gasteiger partial charge in [-0.05, 0) is 25.1 Å². The van der Waals surface area contributed by atoms with Crippen LogP contribution in [0, 0.1) is 0 Å². The number of nitrogens with zero attached hydrogens (tertiary/aromatic N) is 2. The van der Waals surface area contributed by atoms with Gasteiger partial charge in [0.2, 0.25) is 0 Å². The molecule has 1 atom stereocenters. The van der Waals surface area contributed by atoms with Crippen molar-refractivity contribution >= 4 is 29.3 Å². The van der Waals surface area contributed by atoms with Crippen molar-refractivity contribution in [3.63, 3.8) is 0 Å². The number of anilines is 1. The van der Waals surface area contributed by atoms with Crippen LogP contribution in [0.25, 0.3) is 0 Å². The minimum Gasteiger partial charge on any atom is -0.496 e. The van der Waals surface area contributed by atoms with E-state index in [0.29, 0.717) is 29.1 Å². The number of para-hydroxylation sites is 2. The summed E-state index contributed by atoms with van der Waals surface area (Å²) in [5, 5.41) is 6.45. The topological polar surface area (TPSA) is 83.1 Å². The lowest BCUT2D eigenvalue weighted by Gasteiger charge is -2.38. The number of hydrogen-bond donors (Lipinski definition) is 2. The summed E-state index contributed by atoms with van der Waals surface area (Å²) in [6.45, 7) is 5.50. The number of rotatable bonds is 7. The van der Waals surface area contributed by atoms with Crippen LogP contribution in [0.3, 0.4) is 0 Å². The zero-order valence-electron chi connectivity index (χ0n) is 19.3. The number of carbonyl (C=O) groups excluding carboxylic acids is 2. The average molecular weight is 485 g/mol. The first kappa shape index (κ1) is 23.9. The number of amides is 2. The van der Waals surface area contributed by atoms with Gasteiger partial charge in [0, 0.05) is 44.0 Å². The van der Waals surface area contributed by atoms with E-state index < -0.39 is 12.0 Å². The van der Waals surface area contributed by atoms with Crippen LogP contribution in [0.4, 0.5) is 10.5 Å². The Morgan fingerprint density at radius 1 is 1.09 bits per heavy atom. The number of methoxy groups -OCH3 is 1. The van der Waals surface area contributed by atoms with E-state index in [-0.39, 0.29) is 12.6 Å². The Morgan fingerprint density at radius 3 is 2.50 bits per heavy atom. The molecule has 0 spiro atoms. The summed E-state index contributed by atoms with van der Waals surface area (Å²) < 4.78 is 10.9. The first-order valence-electron chi connectivity index (χ1n) is 11.3. The summed E-state index contributed by atoms with van der Waals surface area (Å²) in [6.07, 6.45) is 0. The molecule has 2 heterocycles. The Kier molecular flexibility index (Phi) is 7.59. The third-order valence-electron chi connectivity index (χ3n) is 6.05. The lowest BCUT2D eigenvalue weighted by Crippen LogP contribution is -2.52. The molecule has 0 bridgehead atoms. The van der Waals surface area contributed by atoms with Gasteiger partial charge in [-0.25, -0.2) is 9.59 Å². The first-order valence-corrected chi connectivity index (χ1v) is 11.7. The summed E-state index contributed by atoms with van der Waals surface area (Å²) in [5.74, 6) is 0.125. The van der Waals surface area contributed by atoms with Crippen LogP contribution in [0.5, 0.6) is 5.75 Å². The zero-order valence-corrected chi connectivity index (χ0v) is 20.1. The van der Waals surface area contributed by atoms with Crippen molar-refractivity contribution in [2.75, 3.05) is 51.3 Å². The van der Waals surface area contributed by atoms with Gasteiger partial charge in [-0.15, -0.1) is 0 Å². The van der Waals surface area contributed by atoms with Gasteiger partial charge in [-0.1, -0.05) is 41.9 Å². The highest BCUT2D eigenvalue weighted by atomic mass is 35.5. The maximum Gasteiger partial charge on any atom is 0.338 e. The molecule has 2 N–H and O–H groups in total. The molecule has 8 nitrogen and oxygen atoms in total. The number of nitrogens with one attached hydrogen (secondary N) is 2. The maximum atomic E-state index is 13.1. The minimum absolute atomic E-state index is 0.235. The maximum absolute atomic E-state index is 13.1. The molecule has 2 aliphatic rings. The molecule has 1 fully saturated rings. The van der Waals surface area contributed by atoms with Gasteiger partial charge in [0.25, 0.3) is 0 Å². The highest BCUT2D eigenvalue weighted by molar-refractivity contribution is 6.33. The van der Waals surface area contributed by atoms with Gasteiger partial charge in [-0.2, -0.15) is 0 Å². The van der Waals surface area contributed by atoms with Crippen LogP contribution in [-0.4, -0.2) is 63.3 Å². The molecular formula is C25H29ClN4O4. The summed E-state index contributed by atoms with van der Waals surface area (Å²) in [5.41, 5.74) is 2.65. The summed E-state index contributed by atoms with van der Waals surface area (Å²) in [7, 11) is 1.56. The molecule has 0 aliphatic carbocycles. The molecule has 2 aromatic carbocycles. The predicted octanol–water partition coefficient (Wildman–Crippen LogP) is 3.34. The number of urea groups is 1. The van der Waals surface area contributed by atoms with Crippen LogP contribution >= 0.6 is 11.6 Å². The van der Waals surface area contributed by atoms with E-state index in [1.54, 1.807) is 20.1 Å². The molecule has 0 unspecified atom stereocenters. The Bertz CT molecular complexity index is 1080. The lowest BCUT2D eigenvalue weighted by molar-refractivity contribution is -0.139. The quantitative estimate of drug-likeness (QED) is 0.586. The fraction of sp³-hybridized carbons (Fsp3) is 0.360. The van der Waals surface area contributed by atoms with Gasteiger partial charge in [0.15, 0.2) is 0 Å². The molecule has 1 saturated heterocycles. The molecule has 2 amide bonds. The van der Waals surface area contributed by atoms with Crippen molar-refractivity contribution < 1.29 is 19.1 Å². The Hall–Kier alpha value is -3.23. The fourth-order valence-corrected chi connectivity index (χ4v) is 4.66. The Balaban J connectivity index is 1.59. The van der Waals surface area contributed by atoms with E-state index in [0.717, 1.165) is 36.9 Å². The van der Waals surface area contributed by atoms with Crippen molar-refractivity contribution in [2.24, 2.45) is 0 Å². The highest BCUT2D eigenvalue weighted by Gasteiger charge is 2.36. The molecule has 2 aliphatic heterocycles. The number of hydrogen-bond acceptors (Lipinski definition) is 6. The molecule has 0 saturated carbocycles. The summed E-state index contributed by atoms with van der Waals surface area (Å²) in [4.78, 5) is 30.1. The van der Waals surface area contributed by atoms with Crippen LogP contribution in [0.1, 0.15) is 18.5 Å². The molecule has 0 aromatic heterocycles. The standard InChI is InChI=1S/C25H29ClN4O4/c1-3-34-24(31)22-19(27-25(32)28-23(22)17-8-4-7-11-21(17)33-2)16-29-12-14-30(15-13-29)20-10-6-5-9-18(20)26/h4-11,23H,3,12-16H2,1-2H3,(H2,27,28,32)/t23-/m0/s1. The van der Waals surface area contributed by atoms with Gasteiger partial charge in [0.05, 0.1) is 36.0 Å². The number of carbonyl (C=O) groups is 2. The summed E-state index contributed by atoms with van der Waals surface area (Å²) >= 11 is 6.37.